The van der Waals surface area contributed by atoms with E-state index in [4.69, 9.17) is 13.9 Å². The molecule has 0 radical (unpaired) electrons. The Hall–Kier alpha value is 0.110. The molecule has 2 atom stereocenters. The summed E-state index contributed by atoms with van der Waals surface area (Å²) in [5, 5.41) is 0. The molecule has 0 aromatic heterocycles. The molecule has 1 N–H and O–H groups in total. The highest BCUT2D eigenvalue weighted by atomic mass is 31.2. The van der Waals surface area contributed by atoms with E-state index in [1.54, 1.807) is 0 Å². The van der Waals surface area contributed by atoms with Gasteiger partial charge in [0, 0.05) is 0 Å². The Labute approximate surface area is 72.5 Å². The fourth-order valence-corrected chi connectivity index (χ4v) is 2.26. The summed E-state index contributed by atoms with van der Waals surface area (Å²) >= 11 is 0. The number of rotatable bonds is 1. The maximum atomic E-state index is 11.1. The number of hydrogen-bond donors (Lipinski definition) is 1. The highest BCUT2D eigenvalue weighted by molar-refractivity contribution is 7.47. The van der Waals surface area contributed by atoms with Crippen molar-refractivity contribution in [2.24, 2.45) is 0 Å². The summed E-state index contributed by atoms with van der Waals surface area (Å²) in [7, 11) is -3.73. The van der Waals surface area contributed by atoms with Crippen LogP contribution in [0.4, 0.5) is 0 Å². The first-order valence-corrected chi connectivity index (χ1v) is 5.79. The van der Waals surface area contributed by atoms with Crippen LogP contribution in [0.2, 0.25) is 0 Å². The molecule has 0 aliphatic carbocycles. The zero-order valence-corrected chi connectivity index (χ0v) is 8.13. The quantitative estimate of drug-likeness (QED) is 0.649. The van der Waals surface area contributed by atoms with Gasteiger partial charge in [0.1, 0.15) is 0 Å². The molecule has 1 rings (SSSR count). The van der Waals surface area contributed by atoms with Gasteiger partial charge >= 0.3 is 7.82 Å². The molecule has 0 aromatic carbocycles. The molecule has 0 saturated carbocycles. The molecule has 0 spiro atoms. The molecule has 0 amide bonds. The molecular weight excluding hydrogens is 179 g/mol. The Bertz CT molecular complexity index is 182. The van der Waals surface area contributed by atoms with Gasteiger partial charge in [0.15, 0.2) is 0 Å². The molecule has 1 fully saturated rings. The van der Waals surface area contributed by atoms with E-state index in [1.165, 1.54) is 0 Å². The van der Waals surface area contributed by atoms with Gasteiger partial charge in [-0.3, -0.25) is 9.05 Å². The van der Waals surface area contributed by atoms with E-state index in [0.29, 0.717) is 6.61 Å². The van der Waals surface area contributed by atoms with Gasteiger partial charge in [-0.15, -0.1) is 0 Å². The number of hydrogen-bond acceptors (Lipinski definition) is 3. The monoisotopic (exact) mass is 194 g/mol. The second-order valence-corrected chi connectivity index (χ2v) is 4.34. The first-order valence-electron chi connectivity index (χ1n) is 4.30. The van der Waals surface area contributed by atoms with Crippen molar-refractivity contribution in [2.45, 2.75) is 38.7 Å². The SMILES string of the molecule is CCC1CCCCOP(=O)(O)O1. The van der Waals surface area contributed by atoms with Crippen LogP contribution in [-0.2, 0) is 13.6 Å². The summed E-state index contributed by atoms with van der Waals surface area (Å²) in [5.74, 6) is 0. The van der Waals surface area contributed by atoms with Crippen molar-refractivity contribution in [2.75, 3.05) is 6.61 Å². The van der Waals surface area contributed by atoms with Crippen LogP contribution in [0.15, 0.2) is 0 Å². The normalized spacial score (nSPS) is 38.7. The van der Waals surface area contributed by atoms with Crippen molar-refractivity contribution >= 4 is 7.82 Å². The predicted molar refractivity (Wildman–Crippen MR) is 44.8 cm³/mol. The minimum Gasteiger partial charge on any atom is -0.302 e. The van der Waals surface area contributed by atoms with Gasteiger partial charge in [-0.05, 0) is 25.7 Å². The van der Waals surface area contributed by atoms with Crippen LogP contribution in [0.25, 0.3) is 0 Å². The van der Waals surface area contributed by atoms with Gasteiger partial charge in [0.05, 0.1) is 12.7 Å². The van der Waals surface area contributed by atoms with E-state index >= 15 is 0 Å². The highest BCUT2D eigenvalue weighted by Crippen LogP contribution is 2.46. The van der Waals surface area contributed by atoms with E-state index in [1.807, 2.05) is 6.92 Å². The first kappa shape index (κ1) is 10.2. The molecule has 1 heterocycles. The van der Waals surface area contributed by atoms with Gasteiger partial charge in [-0.1, -0.05) is 6.92 Å². The van der Waals surface area contributed by atoms with E-state index in [0.717, 1.165) is 25.7 Å². The maximum absolute atomic E-state index is 11.1. The smallest absolute Gasteiger partial charge is 0.302 e. The van der Waals surface area contributed by atoms with Crippen molar-refractivity contribution < 1.29 is 18.5 Å². The highest BCUT2D eigenvalue weighted by Gasteiger charge is 2.26. The fraction of sp³-hybridized carbons (Fsp3) is 1.00. The summed E-state index contributed by atoms with van der Waals surface area (Å²) in [6.07, 6.45) is 3.32. The summed E-state index contributed by atoms with van der Waals surface area (Å²) in [6, 6.07) is 0. The molecule has 5 heteroatoms. The van der Waals surface area contributed by atoms with E-state index in [9.17, 15) is 4.57 Å². The summed E-state index contributed by atoms with van der Waals surface area (Å²) in [5.41, 5.74) is 0. The molecule has 1 aliphatic heterocycles. The van der Waals surface area contributed by atoms with Crippen molar-refractivity contribution in [1.82, 2.24) is 0 Å². The van der Waals surface area contributed by atoms with Crippen molar-refractivity contribution in [3.8, 4) is 0 Å². The largest absolute Gasteiger partial charge is 0.472 e. The third kappa shape index (κ3) is 3.23. The average Bonchev–Trinajstić information content (AvgIpc) is 1.97. The van der Waals surface area contributed by atoms with Crippen LogP contribution < -0.4 is 0 Å². The molecule has 1 aliphatic rings. The second kappa shape index (κ2) is 4.38. The van der Waals surface area contributed by atoms with Gasteiger partial charge in [-0.2, -0.15) is 0 Å². The first-order chi connectivity index (χ1) is 5.64. The van der Waals surface area contributed by atoms with Crippen LogP contribution in [0.1, 0.15) is 32.6 Å². The van der Waals surface area contributed by atoms with Crippen LogP contribution in [0, 0.1) is 0 Å². The summed E-state index contributed by atoms with van der Waals surface area (Å²) < 4.78 is 20.7. The molecule has 2 unspecified atom stereocenters. The molecule has 0 aromatic rings. The summed E-state index contributed by atoms with van der Waals surface area (Å²) in [6.45, 7) is 2.26. The second-order valence-electron chi connectivity index (χ2n) is 2.93. The van der Waals surface area contributed by atoms with Gasteiger partial charge in [-0.25, -0.2) is 4.57 Å². The van der Waals surface area contributed by atoms with Gasteiger partial charge in [0.2, 0.25) is 0 Å². The van der Waals surface area contributed by atoms with E-state index < -0.39 is 7.82 Å². The molecular formula is C7H15O4P. The topological polar surface area (TPSA) is 55.8 Å². The van der Waals surface area contributed by atoms with Crippen molar-refractivity contribution in [1.29, 1.82) is 0 Å². The minimum absolute atomic E-state index is 0.124. The zero-order chi connectivity index (χ0) is 9.03. The van der Waals surface area contributed by atoms with E-state index in [2.05, 4.69) is 0 Å². The third-order valence-corrected chi connectivity index (χ3v) is 2.99. The Morgan fingerprint density at radius 3 is 3.00 bits per heavy atom. The lowest BCUT2D eigenvalue weighted by atomic mass is 10.1. The fourth-order valence-electron chi connectivity index (χ4n) is 1.20. The molecule has 0 bridgehead atoms. The minimum atomic E-state index is -3.73. The van der Waals surface area contributed by atoms with E-state index in [-0.39, 0.29) is 6.10 Å². The Morgan fingerprint density at radius 2 is 2.33 bits per heavy atom. The Balaban J connectivity index is 2.51. The maximum Gasteiger partial charge on any atom is 0.472 e. The molecule has 4 nitrogen and oxygen atoms in total. The third-order valence-electron chi connectivity index (χ3n) is 1.91. The van der Waals surface area contributed by atoms with Crippen molar-refractivity contribution in [3.05, 3.63) is 0 Å². The Kier molecular flexibility index (Phi) is 3.72. The van der Waals surface area contributed by atoms with Crippen LogP contribution in [0.3, 0.4) is 0 Å². The average molecular weight is 194 g/mol. The Morgan fingerprint density at radius 1 is 1.58 bits per heavy atom. The van der Waals surface area contributed by atoms with Crippen molar-refractivity contribution in [3.63, 3.8) is 0 Å². The predicted octanol–water partition coefficient (Wildman–Crippen LogP) is 2.08. The lowest BCUT2D eigenvalue weighted by molar-refractivity contribution is 0.0796. The molecule has 12 heavy (non-hydrogen) atoms. The van der Waals surface area contributed by atoms with Crippen LogP contribution >= 0.6 is 7.82 Å². The molecule has 72 valence electrons. The summed E-state index contributed by atoms with van der Waals surface area (Å²) in [4.78, 5) is 9.09. The zero-order valence-electron chi connectivity index (χ0n) is 7.23. The molecule has 1 saturated heterocycles. The van der Waals surface area contributed by atoms with Crippen LogP contribution in [0.5, 0.6) is 0 Å². The standard InChI is InChI=1S/C7H15O4P/c1-2-7-5-3-4-6-10-12(8,9)11-7/h7H,2-6H2,1H3,(H,8,9). The van der Waals surface area contributed by atoms with Crippen LogP contribution in [-0.4, -0.2) is 17.6 Å². The van der Waals surface area contributed by atoms with Gasteiger partial charge < -0.3 is 4.89 Å². The lowest BCUT2D eigenvalue weighted by Gasteiger charge is -2.22. The number of phosphoric ester groups is 1. The van der Waals surface area contributed by atoms with Gasteiger partial charge in [0.25, 0.3) is 0 Å². The number of phosphoric acid groups is 1. The lowest BCUT2D eigenvalue weighted by Crippen LogP contribution is -2.14.